The summed E-state index contributed by atoms with van der Waals surface area (Å²) in [6.45, 7) is 2.22. The predicted molar refractivity (Wildman–Crippen MR) is 70.6 cm³/mol. The van der Waals surface area contributed by atoms with Crippen LogP contribution in [0.2, 0.25) is 5.02 Å². The summed E-state index contributed by atoms with van der Waals surface area (Å²) in [5.74, 6) is 0.861. The minimum atomic E-state index is 0.806. The number of nitrogens with zero attached hydrogens (tertiary/aromatic N) is 1. The Morgan fingerprint density at radius 3 is 2.59 bits per heavy atom. The van der Waals surface area contributed by atoms with Gasteiger partial charge in [0.1, 0.15) is 5.76 Å². The number of rotatable bonds is 2. The van der Waals surface area contributed by atoms with Crippen molar-refractivity contribution in [1.82, 2.24) is 0 Å². The van der Waals surface area contributed by atoms with Gasteiger partial charge in [-0.15, -0.1) is 0 Å². The van der Waals surface area contributed by atoms with Gasteiger partial charge in [0.15, 0.2) is 0 Å². The van der Waals surface area contributed by atoms with E-state index in [4.69, 9.17) is 16.0 Å². The summed E-state index contributed by atoms with van der Waals surface area (Å²) in [4.78, 5) is 2.34. The Hall–Kier alpha value is -1.41. The van der Waals surface area contributed by atoms with E-state index in [-0.39, 0.29) is 0 Å². The molecule has 1 aliphatic heterocycles. The highest BCUT2D eigenvalue weighted by Gasteiger charge is 2.15. The molecule has 0 radical (unpaired) electrons. The molecule has 0 bridgehead atoms. The molecular formula is C14H14ClNO. The van der Waals surface area contributed by atoms with Crippen LogP contribution in [0.5, 0.6) is 0 Å². The van der Waals surface area contributed by atoms with Gasteiger partial charge in [0.05, 0.1) is 17.0 Å². The number of furan rings is 1. The Bertz CT molecular complexity index is 501. The van der Waals surface area contributed by atoms with Crippen molar-refractivity contribution in [2.24, 2.45) is 0 Å². The van der Waals surface area contributed by atoms with Gasteiger partial charge in [0.2, 0.25) is 0 Å². The van der Waals surface area contributed by atoms with Crippen LogP contribution in [-0.2, 0) is 0 Å². The highest BCUT2D eigenvalue weighted by molar-refractivity contribution is 6.33. The molecule has 0 aliphatic carbocycles. The van der Waals surface area contributed by atoms with Gasteiger partial charge in [-0.05, 0) is 43.2 Å². The maximum Gasteiger partial charge on any atom is 0.133 e. The fourth-order valence-electron chi connectivity index (χ4n) is 2.32. The van der Waals surface area contributed by atoms with Crippen LogP contribution in [-0.4, -0.2) is 13.1 Å². The first-order valence-corrected chi connectivity index (χ1v) is 6.31. The molecule has 0 saturated carbocycles. The quantitative estimate of drug-likeness (QED) is 0.791. The summed E-state index contributed by atoms with van der Waals surface area (Å²) in [6, 6.07) is 9.97. The number of hydrogen-bond donors (Lipinski definition) is 0. The first-order chi connectivity index (χ1) is 8.34. The minimum absolute atomic E-state index is 0.806. The standard InChI is InChI=1S/C14H14ClNO/c15-12-10-11(14-4-3-9-17-14)5-6-13(12)16-7-1-2-8-16/h3-6,9-10H,1-2,7-8H2. The van der Waals surface area contributed by atoms with Crippen molar-refractivity contribution in [3.05, 3.63) is 41.6 Å². The molecule has 0 unspecified atom stereocenters. The molecule has 1 fully saturated rings. The normalized spacial score (nSPS) is 15.5. The zero-order valence-electron chi connectivity index (χ0n) is 9.53. The summed E-state index contributed by atoms with van der Waals surface area (Å²) in [6.07, 6.45) is 4.20. The summed E-state index contributed by atoms with van der Waals surface area (Å²) in [5.41, 5.74) is 2.17. The molecular weight excluding hydrogens is 234 g/mol. The number of hydrogen-bond acceptors (Lipinski definition) is 2. The van der Waals surface area contributed by atoms with Gasteiger partial charge in [0, 0.05) is 18.7 Å². The Kier molecular flexibility index (Phi) is 2.81. The Morgan fingerprint density at radius 1 is 1.12 bits per heavy atom. The number of halogens is 1. The zero-order valence-corrected chi connectivity index (χ0v) is 10.3. The largest absolute Gasteiger partial charge is 0.464 e. The van der Waals surface area contributed by atoms with Gasteiger partial charge in [-0.25, -0.2) is 0 Å². The summed E-state index contributed by atoms with van der Waals surface area (Å²) >= 11 is 6.34. The zero-order chi connectivity index (χ0) is 11.7. The van der Waals surface area contributed by atoms with Gasteiger partial charge >= 0.3 is 0 Å². The molecule has 0 N–H and O–H groups in total. The molecule has 0 spiro atoms. The van der Waals surface area contributed by atoms with Crippen LogP contribution in [0.3, 0.4) is 0 Å². The molecule has 3 rings (SSSR count). The predicted octanol–water partition coefficient (Wildman–Crippen LogP) is 4.20. The van der Waals surface area contributed by atoms with Crippen molar-refractivity contribution in [2.75, 3.05) is 18.0 Å². The van der Waals surface area contributed by atoms with E-state index >= 15 is 0 Å². The second kappa shape index (κ2) is 4.46. The fraction of sp³-hybridized carbons (Fsp3) is 0.286. The Balaban J connectivity index is 1.94. The molecule has 1 aromatic carbocycles. The molecule has 17 heavy (non-hydrogen) atoms. The number of benzene rings is 1. The van der Waals surface area contributed by atoms with Crippen LogP contribution in [0, 0.1) is 0 Å². The van der Waals surface area contributed by atoms with Crippen LogP contribution in [0.15, 0.2) is 41.0 Å². The minimum Gasteiger partial charge on any atom is -0.464 e. The molecule has 2 nitrogen and oxygen atoms in total. The molecule has 0 atom stereocenters. The van der Waals surface area contributed by atoms with Gasteiger partial charge in [-0.2, -0.15) is 0 Å². The Morgan fingerprint density at radius 2 is 1.94 bits per heavy atom. The SMILES string of the molecule is Clc1cc(-c2ccco2)ccc1N1CCCC1. The first kappa shape index (κ1) is 10.7. The molecule has 0 amide bonds. The molecule has 1 aromatic heterocycles. The van der Waals surface area contributed by atoms with Crippen LogP contribution in [0.4, 0.5) is 5.69 Å². The lowest BCUT2D eigenvalue weighted by molar-refractivity contribution is 0.582. The maximum absolute atomic E-state index is 6.34. The van der Waals surface area contributed by atoms with Gasteiger partial charge in [-0.3, -0.25) is 0 Å². The highest BCUT2D eigenvalue weighted by Crippen LogP contribution is 2.32. The van der Waals surface area contributed by atoms with Crippen molar-refractivity contribution in [3.8, 4) is 11.3 Å². The van der Waals surface area contributed by atoms with Crippen LogP contribution in [0.1, 0.15) is 12.8 Å². The molecule has 88 valence electrons. The van der Waals surface area contributed by atoms with E-state index in [1.807, 2.05) is 18.2 Å². The monoisotopic (exact) mass is 247 g/mol. The van der Waals surface area contributed by atoms with E-state index in [0.29, 0.717) is 0 Å². The van der Waals surface area contributed by atoms with E-state index in [2.05, 4.69) is 17.0 Å². The highest BCUT2D eigenvalue weighted by atomic mass is 35.5. The van der Waals surface area contributed by atoms with Crippen molar-refractivity contribution in [3.63, 3.8) is 0 Å². The molecule has 1 aliphatic rings. The summed E-state index contributed by atoms with van der Waals surface area (Å²) in [7, 11) is 0. The lowest BCUT2D eigenvalue weighted by Gasteiger charge is -2.19. The van der Waals surface area contributed by atoms with E-state index in [0.717, 1.165) is 35.1 Å². The van der Waals surface area contributed by atoms with Crippen molar-refractivity contribution >= 4 is 17.3 Å². The van der Waals surface area contributed by atoms with Crippen LogP contribution < -0.4 is 4.90 Å². The molecule has 1 saturated heterocycles. The second-order valence-corrected chi connectivity index (χ2v) is 4.74. The third kappa shape index (κ3) is 2.05. The summed E-state index contributed by atoms with van der Waals surface area (Å²) in [5, 5.41) is 0.806. The van der Waals surface area contributed by atoms with Gasteiger partial charge in [0.25, 0.3) is 0 Å². The van der Waals surface area contributed by atoms with E-state index in [1.165, 1.54) is 12.8 Å². The van der Waals surface area contributed by atoms with Crippen molar-refractivity contribution in [2.45, 2.75) is 12.8 Å². The topological polar surface area (TPSA) is 16.4 Å². The third-order valence-corrected chi connectivity index (χ3v) is 3.50. The second-order valence-electron chi connectivity index (χ2n) is 4.34. The lowest BCUT2D eigenvalue weighted by atomic mass is 10.1. The third-order valence-electron chi connectivity index (χ3n) is 3.20. The fourth-order valence-corrected chi connectivity index (χ4v) is 2.62. The van der Waals surface area contributed by atoms with Crippen molar-refractivity contribution in [1.29, 1.82) is 0 Å². The Labute approximate surface area is 106 Å². The van der Waals surface area contributed by atoms with E-state index < -0.39 is 0 Å². The van der Waals surface area contributed by atoms with E-state index in [1.54, 1.807) is 6.26 Å². The molecule has 3 heteroatoms. The molecule has 2 aromatic rings. The molecule has 2 heterocycles. The average molecular weight is 248 g/mol. The first-order valence-electron chi connectivity index (χ1n) is 5.93. The lowest BCUT2D eigenvalue weighted by Crippen LogP contribution is -2.17. The van der Waals surface area contributed by atoms with E-state index in [9.17, 15) is 0 Å². The average Bonchev–Trinajstić information content (AvgIpc) is 3.02. The number of anilines is 1. The maximum atomic E-state index is 6.34. The van der Waals surface area contributed by atoms with Crippen LogP contribution in [0.25, 0.3) is 11.3 Å². The summed E-state index contributed by atoms with van der Waals surface area (Å²) < 4.78 is 5.37. The van der Waals surface area contributed by atoms with Crippen molar-refractivity contribution < 1.29 is 4.42 Å². The van der Waals surface area contributed by atoms with Gasteiger partial charge in [-0.1, -0.05) is 11.6 Å². The van der Waals surface area contributed by atoms with Gasteiger partial charge < -0.3 is 9.32 Å². The van der Waals surface area contributed by atoms with Crippen LogP contribution >= 0.6 is 11.6 Å². The smallest absolute Gasteiger partial charge is 0.133 e.